The third-order valence-corrected chi connectivity index (χ3v) is 4.73. The Balaban J connectivity index is 2.17. The fourth-order valence-corrected chi connectivity index (χ4v) is 3.03. The lowest BCUT2D eigenvalue weighted by molar-refractivity contribution is -0.130. The zero-order chi connectivity index (χ0) is 15.5. The second kappa shape index (κ2) is 6.65. The lowest BCUT2D eigenvalue weighted by atomic mass is 9.85. The molecule has 0 bridgehead atoms. The van der Waals surface area contributed by atoms with Gasteiger partial charge in [0.1, 0.15) is 0 Å². The Kier molecular flexibility index (Phi) is 5.09. The molecule has 1 aliphatic heterocycles. The number of benzene rings is 1. The summed E-state index contributed by atoms with van der Waals surface area (Å²) in [6.07, 6.45) is 4.02. The molecular weight excluding hydrogens is 272 g/mol. The molecule has 1 fully saturated rings. The van der Waals surface area contributed by atoms with E-state index in [1.54, 1.807) is 0 Å². The molecule has 0 aliphatic carbocycles. The summed E-state index contributed by atoms with van der Waals surface area (Å²) in [6.45, 7) is 5.72. The minimum atomic E-state index is -0.900. The van der Waals surface area contributed by atoms with Crippen molar-refractivity contribution in [3.05, 3.63) is 35.4 Å². The van der Waals surface area contributed by atoms with E-state index in [1.807, 2.05) is 13.8 Å². The lowest BCUT2D eigenvalue weighted by Crippen LogP contribution is -2.54. The number of halogens is 2. The van der Waals surface area contributed by atoms with E-state index in [0.717, 1.165) is 32.0 Å². The van der Waals surface area contributed by atoms with E-state index >= 15 is 0 Å². The second-order valence-corrected chi connectivity index (χ2v) is 5.99. The zero-order valence-electron chi connectivity index (χ0n) is 12.8. The highest BCUT2D eigenvalue weighted by atomic mass is 19.2. The van der Waals surface area contributed by atoms with Crippen molar-refractivity contribution >= 4 is 5.78 Å². The van der Waals surface area contributed by atoms with Gasteiger partial charge in [-0.05, 0) is 50.9 Å². The molecule has 0 spiro atoms. The Bertz CT molecular complexity index is 512. The molecule has 1 unspecified atom stereocenters. The number of rotatable bonds is 5. The third-order valence-electron chi connectivity index (χ3n) is 4.73. The second-order valence-electron chi connectivity index (χ2n) is 5.99. The molecule has 0 aromatic heterocycles. The van der Waals surface area contributed by atoms with E-state index < -0.39 is 17.2 Å². The molecule has 2 nitrogen and oxygen atoms in total. The molecule has 0 radical (unpaired) electrons. The molecule has 0 N–H and O–H groups in total. The van der Waals surface area contributed by atoms with Crippen molar-refractivity contribution in [2.75, 3.05) is 13.1 Å². The van der Waals surface area contributed by atoms with Gasteiger partial charge < -0.3 is 0 Å². The van der Waals surface area contributed by atoms with Crippen LogP contribution in [0.5, 0.6) is 0 Å². The van der Waals surface area contributed by atoms with Crippen LogP contribution in [0.4, 0.5) is 8.78 Å². The summed E-state index contributed by atoms with van der Waals surface area (Å²) in [5.41, 5.74) is -0.434. The van der Waals surface area contributed by atoms with Crippen LogP contribution in [0.25, 0.3) is 0 Å². The normalized spacial score (nSPS) is 19.2. The summed E-state index contributed by atoms with van der Waals surface area (Å²) in [5.74, 6) is -1.82. The summed E-state index contributed by atoms with van der Waals surface area (Å²) < 4.78 is 27.0. The average molecular weight is 295 g/mol. The summed E-state index contributed by atoms with van der Waals surface area (Å²) in [4.78, 5) is 14.9. The molecule has 0 saturated carbocycles. The van der Waals surface area contributed by atoms with Gasteiger partial charge in [0.05, 0.1) is 5.54 Å². The van der Waals surface area contributed by atoms with Crippen molar-refractivity contribution in [3.8, 4) is 0 Å². The van der Waals surface area contributed by atoms with Crippen molar-refractivity contribution in [1.82, 2.24) is 4.90 Å². The van der Waals surface area contributed by atoms with Crippen LogP contribution < -0.4 is 0 Å². The maximum absolute atomic E-state index is 13.8. The minimum absolute atomic E-state index is 0.0311. The maximum Gasteiger partial charge on any atom is 0.162 e. The molecular formula is C17H23F2NO. The fourth-order valence-electron chi connectivity index (χ4n) is 3.03. The molecule has 1 saturated heterocycles. The van der Waals surface area contributed by atoms with Gasteiger partial charge in [-0.1, -0.05) is 25.5 Å². The van der Waals surface area contributed by atoms with E-state index in [4.69, 9.17) is 0 Å². The Morgan fingerprint density at radius 2 is 1.90 bits per heavy atom. The lowest BCUT2D eigenvalue weighted by Gasteiger charge is -2.42. The summed E-state index contributed by atoms with van der Waals surface area (Å²) in [6, 6.07) is 4.01. The first-order chi connectivity index (χ1) is 9.99. The Morgan fingerprint density at radius 3 is 2.52 bits per heavy atom. The quantitative estimate of drug-likeness (QED) is 0.825. The average Bonchev–Trinajstić information content (AvgIpc) is 2.51. The van der Waals surface area contributed by atoms with Gasteiger partial charge in [-0.3, -0.25) is 9.69 Å². The monoisotopic (exact) mass is 295 g/mol. The van der Waals surface area contributed by atoms with Crippen molar-refractivity contribution in [2.24, 2.45) is 0 Å². The van der Waals surface area contributed by atoms with Gasteiger partial charge in [-0.25, -0.2) is 8.78 Å². The SMILES string of the molecule is CCC(C)(C(=O)Cc1cccc(F)c1F)N1CCCCC1. The smallest absolute Gasteiger partial charge is 0.162 e. The first-order valence-electron chi connectivity index (χ1n) is 7.70. The number of carbonyl (C=O) groups excluding carboxylic acids is 1. The highest BCUT2D eigenvalue weighted by Gasteiger charge is 2.37. The highest BCUT2D eigenvalue weighted by Crippen LogP contribution is 2.27. The van der Waals surface area contributed by atoms with E-state index in [2.05, 4.69) is 4.90 Å². The highest BCUT2D eigenvalue weighted by molar-refractivity contribution is 5.89. The van der Waals surface area contributed by atoms with Crippen molar-refractivity contribution in [1.29, 1.82) is 0 Å². The predicted octanol–water partition coefficient (Wildman–Crippen LogP) is 3.73. The molecule has 1 aliphatic rings. The van der Waals surface area contributed by atoms with Crippen LogP contribution in [-0.4, -0.2) is 29.3 Å². The van der Waals surface area contributed by atoms with Crippen LogP contribution in [0, 0.1) is 11.6 Å². The Labute approximate surface area is 125 Å². The Hall–Kier alpha value is -1.29. The van der Waals surface area contributed by atoms with Crippen molar-refractivity contribution < 1.29 is 13.6 Å². The Morgan fingerprint density at radius 1 is 1.24 bits per heavy atom. The number of nitrogens with zero attached hydrogens (tertiary/aromatic N) is 1. The van der Waals surface area contributed by atoms with Crippen LogP contribution >= 0.6 is 0 Å². The number of piperidine rings is 1. The van der Waals surface area contributed by atoms with Crippen LogP contribution in [-0.2, 0) is 11.2 Å². The van der Waals surface area contributed by atoms with Crippen molar-refractivity contribution in [3.63, 3.8) is 0 Å². The van der Waals surface area contributed by atoms with E-state index in [-0.39, 0.29) is 17.8 Å². The first kappa shape index (κ1) is 16.1. The summed E-state index contributed by atoms with van der Waals surface area (Å²) in [7, 11) is 0. The first-order valence-corrected chi connectivity index (χ1v) is 7.70. The topological polar surface area (TPSA) is 20.3 Å². The molecule has 4 heteroatoms. The zero-order valence-corrected chi connectivity index (χ0v) is 12.8. The number of ketones is 1. The van der Waals surface area contributed by atoms with Crippen LogP contribution in [0.15, 0.2) is 18.2 Å². The van der Waals surface area contributed by atoms with Gasteiger partial charge in [0.15, 0.2) is 17.4 Å². The third kappa shape index (κ3) is 3.31. The van der Waals surface area contributed by atoms with Crippen LogP contribution in [0.2, 0.25) is 0 Å². The number of hydrogen-bond acceptors (Lipinski definition) is 2. The van der Waals surface area contributed by atoms with Gasteiger partial charge in [0, 0.05) is 6.42 Å². The fraction of sp³-hybridized carbons (Fsp3) is 0.588. The molecule has 2 rings (SSSR count). The molecule has 1 aromatic carbocycles. The summed E-state index contributed by atoms with van der Waals surface area (Å²) >= 11 is 0. The minimum Gasteiger partial charge on any atom is -0.297 e. The van der Waals surface area contributed by atoms with Gasteiger partial charge in [0.25, 0.3) is 0 Å². The van der Waals surface area contributed by atoms with Crippen LogP contribution in [0.3, 0.4) is 0 Å². The molecule has 21 heavy (non-hydrogen) atoms. The molecule has 1 atom stereocenters. The van der Waals surface area contributed by atoms with E-state index in [1.165, 1.54) is 18.6 Å². The van der Waals surface area contributed by atoms with Gasteiger partial charge in [-0.2, -0.15) is 0 Å². The van der Waals surface area contributed by atoms with E-state index in [0.29, 0.717) is 6.42 Å². The summed E-state index contributed by atoms with van der Waals surface area (Å²) in [5, 5.41) is 0. The molecule has 1 aromatic rings. The van der Waals surface area contributed by atoms with Crippen molar-refractivity contribution in [2.45, 2.75) is 51.5 Å². The predicted molar refractivity (Wildman–Crippen MR) is 79.2 cm³/mol. The molecule has 1 heterocycles. The molecule has 116 valence electrons. The maximum atomic E-state index is 13.8. The molecule has 0 amide bonds. The number of carbonyl (C=O) groups is 1. The van der Waals surface area contributed by atoms with Gasteiger partial charge >= 0.3 is 0 Å². The standard InChI is InChI=1S/C17H23F2NO/c1-3-17(2,20-10-5-4-6-11-20)15(21)12-13-8-7-9-14(18)16(13)19/h7-9H,3-6,10-12H2,1-2H3. The largest absolute Gasteiger partial charge is 0.297 e. The number of hydrogen-bond donors (Lipinski definition) is 0. The number of Topliss-reactive ketones (excluding diaryl/α,β-unsaturated/α-hetero) is 1. The van der Waals surface area contributed by atoms with Gasteiger partial charge in [-0.15, -0.1) is 0 Å². The van der Waals surface area contributed by atoms with Gasteiger partial charge in [0.2, 0.25) is 0 Å². The number of likely N-dealkylation sites (tertiary alicyclic amines) is 1. The van der Waals surface area contributed by atoms with E-state index in [9.17, 15) is 13.6 Å². The van der Waals surface area contributed by atoms with Crippen LogP contribution in [0.1, 0.15) is 45.1 Å².